The summed E-state index contributed by atoms with van der Waals surface area (Å²) in [5.41, 5.74) is 2.25. The zero-order valence-electron chi connectivity index (χ0n) is 15.5. The van der Waals surface area contributed by atoms with Gasteiger partial charge in [-0.3, -0.25) is 20.4 Å². The van der Waals surface area contributed by atoms with Gasteiger partial charge in [-0.1, -0.05) is 30.3 Å². The number of halogens is 4. The van der Waals surface area contributed by atoms with E-state index in [4.69, 9.17) is 0 Å². The Bertz CT molecular complexity index is 1080. The lowest BCUT2D eigenvalue weighted by molar-refractivity contribution is -0.143. The number of carbonyl (C=O) groups is 2. The molecule has 3 aromatic rings. The largest absolute Gasteiger partial charge is 0.435 e. The van der Waals surface area contributed by atoms with E-state index in [9.17, 15) is 27.2 Å². The Kier molecular flexibility index (Phi) is 5.81. The zero-order chi connectivity index (χ0) is 21.9. The molecule has 11 heteroatoms. The van der Waals surface area contributed by atoms with Crippen molar-refractivity contribution in [2.75, 3.05) is 0 Å². The Morgan fingerprint density at radius 3 is 2.30 bits per heavy atom. The van der Waals surface area contributed by atoms with Crippen LogP contribution in [-0.2, 0) is 12.6 Å². The predicted octanol–water partition coefficient (Wildman–Crippen LogP) is 3.06. The molecule has 2 aromatic carbocycles. The number of carbonyl (C=O) groups excluding carboxylic acids is 2. The number of nitrogens with one attached hydrogen (secondary N) is 2. The van der Waals surface area contributed by atoms with E-state index >= 15 is 0 Å². The summed E-state index contributed by atoms with van der Waals surface area (Å²) in [5, 5.41) is 6.59. The number of hydrazine groups is 1. The number of aryl methyl sites for hydroxylation is 1. The summed E-state index contributed by atoms with van der Waals surface area (Å²) in [6, 6.07) is 10.7. The number of hydrogen-bond acceptors (Lipinski definition) is 4. The lowest BCUT2D eigenvalue weighted by Crippen LogP contribution is -2.42. The normalized spacial score (nSPS) is 11.2. The summed E-state index contributed by atoms with van der Waals surface area (Å²) in [5.74, 6) is -2.84. The quantitative estimate of drug-likeness (QED) is 0.501. The van der Waals surface area contributed by atoms with E-state index in [2.05, 4.69) is 10.3 Å². The molecule has 2 amide bonds. The summed E-state index contributed by atoms with van der Waals surface area (Å²) in [6.07, 6.45) is -4.26. The molecule has 0 bridgehead atoms. The Morgan fingerprint density at radius 2 is 1.70 bits per heavy atom. The van der Waals surface area contributed by atoms with E-state index in [0.717, 1.165) is 24.1 Å². The first-order valence-electron chi connectivity index (χ1n) is 8.69. The molecule has 0 aliphatic rings. The first-order valence-corrected chi connectivity index (χ1v) is 8.69. The summed E-state index contributed by atoms with van der Waals surface area (Å²) < 4.78 is 54.4. The fraction of sp³-hybridized carbons (Fsp3) is 0.158. The summed E-state index contributed by atoms with van der Waals surface area (Å²) >= 11 is 0. The van der Waals surface area contributed by atoms with E-state index in [1.165, 1.54) is 24.3 Å². The van der Waals surface area contributed by atoms with Gasteiger partial charge in [0.2, 0.25) is 0 Å². The van der Waals surface area contributed by atoms with Crippen LogP contribution in [0.5, 0.6) is 0 Å². The first kappa shape index (κ1) is 21.0. The molecule has 3 rings (SSSR count). The minimum atomic E-state index is -5.03. The maximum Gasteiger partial charge on any atom is 0.435 e. The van der Waals surface area contributed by atoms with Crippen molar-refractivity contribution in [2.24, 2.45) is 0 Å². The van der Waals surface area contributed by atoms with Gasteiger partial charge in [-0.25, -0.2) is 9.07 Å². The topological polar surface area (TPSA) is 88.9 Å². The molecule has 0 saturated heterocycles. The van der Waals surface area contributed by atoms with Crippen LogP contribution in [0.2, 0.25) is 0 Å². The van der Waals surface area contributed by atoms with Gasteiger partial charge in [-0.2, -0.15) is 13.2 Å². The second-order valence-corrected chi connectivity index (χ2v) is 6.13. The van der Waals surface area contributed by atoms with Crippen molar-refractivity contribution in [1.29, 1.82) is 0 Å². The van der Waals surface area contributed by atoms with Crippen LogP contribution < -0.4 is 10.9 Å². The molecule has 1 aromatic heterocycles. The summed E-state index contributed by atoms with van der Waals surface area (Å²) in [4.78, 5) is 24.3. The van der Waals surface area contributed by atoms with Gasteiger partial charge in [0.25, 0.3) is 11.8 Å². The maximum atomic E-state index is 13.6. The third kappa shape index (κ3) is 4.45. The third-order valence-electron chi connectivity index (χ3n) is 4.12. The molecule has 0 atom stereocenters. The van der Waals surface area contributed by atoms with Crippen LogP contribution in [0.1, 0.15) is 39.0 Å². The fourth-order valence-electron chi connectivity index (χ4n) is 2.61. The van der Waals surface area contributed by atoms with Crippen molar-refractivity contribution in [3.05, 3.63) is 76.9 Å². The fourth-order valence-corrected chi connectivity index (χ4v) is 2.61. The monoisotopic (exact) mass is 421 g/mol. The average Bonchev–Trinajstić information content (AvgIpc) is 3.18. The van der Waals surface area contributed by atoms with Crippen LogP contribution in [0.3, 0.4) is 0 Å². The van der Waals surface area contributed by atoms with Crippen LogP contribution in [0.25, 0.3) is 5.69 Å². The van der Waals surface area contributed by atoms with Gasteiger partial charge in [0.05, 0.1) is 5.69 Å². The van der Waals surface area contributed by atoms with Crippen molar-refractivity contribution < 1.29 is 27.2 Å². The Hall–Kier alpha value is -3.76. The Balaban J connectivity index is 1.82. The number of alkyl halides is 3. The van der Waals surface area contributed by atoms with Gasteiger partial charge >= 0.3 is 6.18 Å². The molecule has 0 radical (unpaired) electrons. The van der Waals surface area contributed by atoms with Crippen molar-refractivity contribution in [3.63, 3.8) is 0 Å². The van der Waals surface area contributed by atoms with E-state index in [1.807, 2.05) is 17.8 Å². The highest BCUT2D eigenvalue weighted by Crippen LogP contribution is 2.32. The predicted molar refractivity (Wildman–Crippen MR) is 97.1 cm³/mol. The molecule has 156 valence electrons. The van der Waals surface area contributed by atoms with Crippen LogP contribution in [-0.4, -0.2) is 26.8 Å². The highest BCUT2D eigenvalue weighted by molar-refractivity contribution is 5.98. The van der Waals surface area contributed by atoms with Crippen LogP contribution >= 0.6 is 0 Å². The van der Waals surface area contributed by atoms with E-state index in [1.54, 1.807) is 12.1 Å². The van der Waals surface area contributed by atoms with Crippen LogP contribution in [0.4, 0.5) is 17.6 Å². The molecule has 0 aliphatic carbocycles. The molecule has 7 nitrogen and oxygen atoms in total. The van der Waals surface area contributed by atoms with Gasteiger partial charge in [-0.05, 0) is 42.3 Å². The van der Waals surface area contributed by atoms with Gasteiger partial charge in [-0.15, -0.1) is 5.10 Å². The van der Waals surface area contributed by atoms with Gasteiger partial charge in [0.15, 0.2) is 11.4 Å². The molecular formula is C19H15F4N5O2. The van der Waals surface area contributed by atoms with Gasteiger partial charge in [0, 0.05) is 5.56 Å². The smallest absolute Gasteiger partial charge is 0.267 e. The molecule has 2 N–H and O–H groups in total. The highest BCUT2D eigenvalue weighted by Gasteiger charge is 2.42. The maximum absolute atomic E-state index is 13.6. The molecule has 0 aliphatic heterocycles. The number of nitrogens with zero attached hydrogens (tertiary/aromatic N) is 3. The van der Waals surface area contributed by atoms with Crippen molar-refractivity contribution >= 4 is 11.8 Å². The number of aromatic nitrogens is 3. The van der Waals surface area contributed by atoms with Crippen LogP contribution in [0.15, 0.2) is 48.5 Å². The average molecular weight is 421 g/mol. The van der Waals surface area contributed by atoms with Crippen molar-refractivity contribution in [1.82, 2.24) is 25.8 Å². The van der Waals surface area contributed by atoms with E-state index in [0.29, 0.717) is 4.68 Å². The number of hydrogen-bond donors (Lipinski definition) is 2. The van der Waals surface area contributed by atoms with Crippen molar-refractivity contribution in [3.8, 4) is 5.69 Å². The molecule has 0 unspecified atom stereocenters. The molecule has 0 saturated carbocycles. The SMILES string of the molecule is CCc1ccc(C(=O)NNC(=O)c2nnn(-c3cccc(F)c3)c2C(F)(F)F)cc1. The van der Waals surface area contributed by atoms with E-state index in [-0.39, 0.29) is 11.3 Å². The standard InChI is InChI=1S/C19H15F4N5O2/c1-2-11-6-8-12(9-7-11)17(29)25-26-18(30)15-16(19(21,22)23)28(27-24-15)14-5-3-4-13(20)10-14/h3-10H,2H2,1H3,(H,25,29)(H,26,30). The second kappa shape index (κ2) is 8.31. The minimum absolute atomic E-state index is 0.201. The number of rotatable bonds is 4. The second-order valence-electron chi connectivity index (χ2n) is 6.13. The number of amides is 2. The molecule has 30 heavy (non-hydrogen) atoms. The van der Waals surface area contributed by atoms with Gasteiger partial charge < -0.3 is 0 Å². The van der Waals surface area contributed by atoms with E-state index < -0.39 is 35.2 Å². The first-order chi connectivity index (χ1) is 14.2. The Morgan fingerprint density at radius 1 is 1.03 bits per heavy atom. The Labute approximate surface area is 167 Å². The summed E-state index contributed by atoms with van der Waals surface area (Å²) in [6.45, 7) is 1.94. The zero-order valence-corrected chi connectivity index (χ0v) is 15.5. The minimum Gasteiger partial charge on any atom is -0.267 e. The molecule has 0 fully saturated rings. The van der Waals surface area contributed by atoms with Gasteiger partial charge in [0.1, 0.15) is 5.82 Å². The lowest BCUT2D eigenvalue weighted by atomic mass is 10.1. The van der Waals surface area contributed by atoms with Crippen LogP contribution in [0, 0.1) is 5.82 Å². The number of benzene rings is 2. The third-order valence-corrected chi connectivity index (χ3v) is 4.12. The highest BCUT2D eigenvalue weighted by atomic mass is 19.4. The summed E-state index contributed by atoms with van der Waals surface area (Å²) in [7, 11) is 0. The van der Waals surface area contributed by atoms with Crippen molar-refractivity contribution in [2.45, 2.75) is 19.5 Å². The molecule has 0 spiro atoms. The molecule has 1 heterocycles. The molecular weight excluding hydrogens is 406 g/mol. The lowest BCUT2D eigenvalue weighted by Gasteiger charge is -2.12.